The van der Waals surface area contributed by atoms with Crippen LogP contribution in [-0.2, 0) is 0 Å². The molecule has 5 aromatic rings. The molecule has 0 aliphatic carbocycles. The fourth-order valence-electron chi connectivity index (χ4n) is 5.09. The van der Waals surface area contributed by atoms with E-state index in [0.717, 1.165) is 47.6 Å². The molecule has 0 radical (unpaired) electrons. The summed E-state index contributed by atoms with van der Waals surface area (Å²) in [6.07, 6.45) is 3.11. The molecule has 0 fully saturated rings. The molecule has 52 heavy (non-hydrogen) atoms. The average Bonchev–Trinajstić information content (AvgIpc) is 3.15. The van der Waals surface area contributed by atoms with E-state index in [1.54, 1.807) is 12.4 Å². The van der Waals surface area contributed by atoms with Crippen LogP contribution in [0.3, 0.4) is 0 Å². The molecular weight excluding hydrogens is 666 g/mol. The molecular formula is C39H33N5O8. The third kappa shape index (κ3) is 8.95. The number of nitro groups is 2. The van der Waals surface area contributed by atoms with Gasteiger partial charge in [-0.2, -0.15) is 0 Å². The Kier molecular flexibility index (Phi) is 11.6. The summed E-state index contributed by atoms with van der Waals surface area (Å²) < 4.78 is 10.8. The molecule has 0 unspecified atom stereocenters. The van der Waals surface area contributed by atoms with Crippen LogP contribution in [0.25, 0.3) is 0 Å². The zero-order valence-electron chi connectivity index (χ0n) is 28.5. The summed E-state index contributed by atoms with van der Waals surface area (Å²) >= 11 is 0. The molecule has 0 bridgehead atoms. The lowest BCUT2D eigenvalue weighted by Gasteiger charge is -2.20. The van der Waals surface area contributed by atoms with Crippen molar-refractivity contribution in [2.24, 2.45) is 9.98 Å². The number of nitro benzene ring substituents is 2. The van der Waals surface area contributed by atoms with Crippen LogP contribution in [0.1, 0.15) is 51.3 Å². The van der Waals surface area contributed by atoms with Crippen molar-refractivity contribution >= 4 is 52.8 Å². The van der Waals surface area contributed by atoms with E-state index in [2.05, 4.69) is 28.7 Å². The quantitative estimate of drug-likeness (QED) is 0.0384. The van der Waals surface area contributed by atoms with Gasteiger partial charge in [-0.25, -0.2) is 9.59 Å². The second kappa shape index (κ2) is 16.6. The monoisotopic (exact) mass is 699 g/mol. The van der Waals surface area contributed by atoms with Crippen molar-refractivity contribution in [2.75, 3.05) is 18.0 Å². The Morgan fingerprint density at radius 1 is 0.654 bits per heavy atom. The van der Waals surface area contributed by atoms with Crippen molar-refractivity contribution in [3.63, 3.8) is 0 Å². The maximum Gasteiger partial charge on any atom is 0.344 e. The highest BCUT2D eigenvalue weighted by Gasteiger charge is 2.26. The van der Waals surface area contributed by atoms with Gasteiger partial charge in [-0.1, -0.05) is 54.1 Å². The fraction of sp³-hybridized carbons (Fsp3) is 0.128. The van der Waals surface area contributed by atoms with Crippen LogP contribution in [0.2, 0.25) is 0 Å². The molecule has 0 aliphatic rings. The first kappa shape index (κ1) is 36.3. The normalized spacial score (nSPS) is 11.1. The van der Waals surface area contributed by atoms with Gasteiger partial charge in [0.2, 0.25) is 11.5 Å². The minimum absolute atomic E-state index is 0.247. The van der Waals surface area contributed by atoms with E-state index in [1.165, 1.54) is 48.5 Å². The number of carbonyl (C=O) groups is 2. The van der Waals surface area contributed by atoms with Gasteiger partial charge in [-0.3, -0.25) is 30.2 Å². The van der Waals surface area contributed by atoms with Gasteiger partial charge in [0, 0.05) is 43.3 Å². The number of nitrogens with zero attached hydrogens (tertiary/aromatic N) is 5. The van der Waals surface area contributed by atoms with Crippen molar-refractivity contribution in [2.45, 2.75) is 20.8 Å². The molecule has 0 N–H and O–H groups in total. The minimum Gasteiger partial charge on any atom is -0.416 e. The molecule has 0 aliphatic heterocycles. The summed E-state index contributed by atoms with van der Waals surface area (Å²) in [5.41, 5.74) is 2.59. The molecule has 0 aromatic heterocycles. The van der Waals surface area contributed by atoms with E-state index in [1.807, 2.05) is 55.5 Å². The van der Waals surface area contributed by atoms with E-state index >= 15 is 0 Å². The van der Waals surface area contributed by atoms with E-state index in [9.17, 15) is 29.8 Å². The topological polar surface area (TPSA) is 167 Å². The van der Waals surface area contributed by atoms with Crippen LogP contribution in [0.5, 0.6) is 11.5 Å². The van der Waals surface area contributed by atoms with Gasteiger partial charge < -0.3 is 14.4 Å². The number of hydrogen-bond acceptors (Lipinski definition) is 11. The number of aliphatic imine (C=N–C) groups is 2. The molecule has 5 aromatic carbocycles. The first-order valence-electron chi connectivity index (χ1n) is 16.2. The van der Waals surface area contributed by atoms with Gasteiger partial charge in [0.05, 0.1) is 32.3 Å². The number of carbonyl (C=O) groups excluding carboxylic acids is 2. The van der Waals surface area contributed by atoms with Gasteiger partial charge in [0.25, 0.3) is 0 Å². The van der Waals surface area contributed by atoms with E-state index in [4.69, 9.17) is 9.47 Å². The maximum atomic E-state index is 13.3. The Morgan fingerprint density at radius 3 is 1.48 bits per heavy atom. The highest BCUT2D eigenvalue weighted by atomic mass is 16.6. The Bertz CT molecular complexity index is 2180. The SMILES string of the molecule is CCN(CC)c1ccc(C=Nc2ccc(OC(=O)c3ccccc3C(=O)Oc3ccc(N=Cc4ccc(C)cc4)cc3[N+](=O)[O-])c([N+](=O)[O-])c2)cc1. The van der Waals surface area contributed by atoms with Crippen LogP contribution in [0.15, 0.2) is 119 Å². The van der Waals surface area contributed by atoms with Gasteiger partial charge in [0.15, 0.2) is 0 Å². The molecule has 262 valence electrons. The summed E-state index contributed by atoms with van der Waals surface area (Å²) in [6.45, 7) is 7.82. The van der Waals surface area contributed by atoms with Gasteiger partial charge >= 0.3 is 23.3 Å². The summed E-state index contributed by atoms with van der Waals surface area (Å²) in [5.74, 6) is -2.93. The molecule has 0 spiro atoms. The number of ether oxygens (including phenoxy) is 2. The first-order chi connectivity index (χ1) is 25.1. The van der Waals surface area contributed by atoms with Crippen molar-refractivity contribution < 1.29 is 28.9 Å². The highest BCUT2D eigenvalue weighted by Crippen LogP contribution is 2.34. The van der Waals surface area contributed by atoms with Crippen molar-refractivity contribution in [3.05, 3.63) is 157 Å². The lowest BCUT2D eigenvalue weighted by molar-refractivity contribution is -0.385. The largest absolute Gasteiger partial charge is 0.416 e. The summed E-state index contributed by atoms with van der Waals surface area (Å²) in [6, 6.07) is 28.3. The predicted octanol–water partition coefficient (Wildman–Crippen LogP) is 8.60. The Balaban J connectivity index is 1.32. The molecule has 0 saturated carbocycles. The number of hydrogen-bond donors (Lipinski definition) is 0. The Labute approximate surface area is 298 Å². The second-order valence-corrected chi connectivity index (χ2v) is 11.3. The molecule has 13 nitrogen and oxygen atoms in total. The fourth-order valence-corrected chi connectivity index (χ4v) is 5.09. The summed E-state index contributed by atoms with van der Waals surface area (Å²) in [4.78, 5) is 59.8. The van der Waals surface area contributed by atoms with E-state index in [-0.39, 0.29) is 34.0 Å². The number of esters is 2. The zero-order valence-corrected chi connectivity index (χ0v) is 28.5. The first-order valence-corrected chi connectivity index (χ1v) is 16.2. The molecule has 5 rings (SSSR count). The van der Waals surface area contributed by atoms with Crippen molar-refractivity contribution in [1.82, 2.24) is 0 Å². The lowest BCUT2D eigenvalue weighted by Crippen LogP contribution is -2.21. The smallest absolute Gasteiger partial charge is 0.344 e. The predicted molar refractivity (Wildman–Crippen MR) is 198 cm³/mol. The molecule has 0 saturated heterocycles. The zero-order chi connectivity index (χ0) is 37.2. The standard InChI is InChI=1S/C39H33N5O8/c1-4-42(5-2)31-18-14-28(15-19-31)25-41-30-17-21-37(35(23-30)44(49)50)52-39(46)33-9-7-6-8-32(33)38(45)51-36-20-16-29(22-34(36)43(47)48)40-24-27-12-10-26(3)11-13-27/h6-25H,4-5H2,1-3H3. The average molecular weight is 700 g/mol. The van der Waals surface area contributed by atoms with E-state index in [0.29, 0.717) is 0 Å². The third-order valence-electron chi connectivity index (χ3n) is 7.88. The molecule has 0 heterocycles. The van der Waals surface area contributed by atoms with Crippen LogP contribution < -0.4 is 14.4 Å². The maximum absolute atomic E-state index is 13.3. The Hall–Kier alpha value is -7.02. The molecule has 0 amide bonds. The van der Waals surface area contributed by atoms with Crippen molar-refractivity contribution in [3.8, 4) is 11.5 Å². The molecule has 13 heteroatoms. The Morgan fingerprint density at radius 2 is 1.08 bits per heavy atom. The van der Waals surface area contributed by atoms with Crippen LogP contribution in [0, 0.1) is 27.2 Å². The molecule has 0 atom stereocenters. The summed E-state index contributed by atoms with van der Waals surface area (Å²) in [5, 5.41) is 23.8. The minimum atomic E-state index is -1.09. The van der Waals surface area contributed by atoms with Gasteiger partial charge in [-0.05, 0) is 80.4 Å². The second-order valence-electron chi connectivity index (χ2n) is 11.3. The van der Waals surface area contributed by atoms with Crippen LogP contribution >= 0.6 is 0 Å². The summed E-state index contributed by atoms with van der Waals surface area (Å²) in [7, 11) is 0. The van der Waals surface area contributed by atoms with E-state index < -0.39 is 33.2 Å². The number of benzene rings is 5. The number of aryl methyl sites for hydroxylation is 1. The highest BCUT2D eigenvalue weighted by molar-refractivity contribution is 6.04. The lowest BCUT2D eigenvalue weighted by atomic mass is 10.1. The van der Waals surface area contributed by atoms with Gasteiger partial charge in [0.1, 0.15) is 0 Å². The third-order valence-corrected chi connectivity index (χ3v) is 7.88. The van der Waals surface area contributed by atoms with Crippen LogP contribution in [-0.4, -0.2) is 47.3 Å². The van der Waals surface area contributed by atoms with Gasteiger partial charge in [-0.15, -0.1) is 0 Å². The number of rotatable bonds is 13. The van der Waals surface area contributed by atoms with Crippen molar-refractivity contribution in [1.29, 1.82) is 0 Å². The van der Waals surface area contributed by atoms with Crippen LogP contribution in [0.4, 0.5) is 28.4 Å². The number of anilines is 1.